The van der Waals surface area contributed by atoms with Crippen LogP contribution in [-0.2, 0) is 9.53 Å². The Morgan fingerprint density at radius 2 is 2.40 bits per heavy atom. The van der Waals surface area contributed by atoms with Crippen molar-refractivity contribution >= 4 is 44.9 Å². The minimum Gasteiger partial charge on any atom is -0.385 e. The molecule has 0 spiro atoms. The van der Waals surface area contributed by atoms with E-state index in [1.165, 1.54) is 0 Å². The van der Waals surface area contributed by atoms with Crippen molar-refractivity contribution in [1.29, 1.82) is 0 Å². The van der Waals surface area contributed by atoms with E-state index in [4.69, 9.17) is 10.5 Å². The van der Waals surface area contributed by atoms with E-state index in [1.807, 2.05) is 24.5 Å². The molecule has 1 heterocycles. The number of nitrogens with one attached hydrogen (secondary N) is 1. The van der Waals surface area contributed by atoms with Crippen LogP contribution in [0.4, 0.5) is 5.69 Å². The molecule has 5 nitrogen and oxygen atoms in total. The maximum Gasteiger partial charge on any atom is 0.241 e. The van der Waals surface area contributed by atoms with Gasteiger partial charge in [-0.2, -0.15) is 0 Å². The first-order valence-corrected chi connectivity index (χ1v) is 8.18. The number of amides is 1. The lowest BCUT2D eigenvalue weighted by atomic mass is 10.2. The third-order valence-electron chi connectivity index (χ3n) is 2.78. The van der Waals surface area contributed by atoms with E-state index in [1.54, 1.807) is 30.2 Å². The van der Waals surface area contributed by atoms with Gasteiger partial charge in [0.05, 0.1) is 16.3 Å². The zero-order valence-corrected chi connectivity index (χ0v) is 13.0. The second kappa shape index (κ2) is 7.03. The predicted octanol–water partition coefficient (Wildman–Crippen LogP) is 2.32. The van der Waals surface area contributed by atoms with Gasteiger partial charge in [0, 0.05) is 19.4 Å². The van der Waals surface area contributed by atoms with Gasteiger partial charge in [0.2, 0.25) is 5.91 Å². The van der Waals surface area contributed by atoms with Crippen LogP contribution in [0.1, 0.15) is 6.42 Å². The molecule has 0 aliphatic heterocycles. The fourth-order valence-electron chi connectivity index (χ4n) is 1.68. The third kappa shape index (κ3) is 3.69. The molecule has 0 radical (unpaired) electrons. The van der Waals surface area contributed by atoms with E-state index in [0.717, 1.165) is 20.2 Å². The molecule has 3 N–H and O–H groups in total. The van der Waals surface area contributed by atoms with Crippen LogP contribution in [0.2, 0.25) is 0 Å². The van der Waals surface area contributed by atoms with E-state index >= 15 is 0 Å². The second-order valence-corrected chi connectivity index (χ2v) is 6.33. The highest BCUT2D eigenvalue weighted by atomic mass is 32.2. The number of benzene rings is 1. The minimum atomic E-state index is -0.561. The summed E-state index contributed by atoms with van der Waals surface area (Å²) in [6.45, 7) is 0.472. The van der Waals surface area contributed by atoms with Gasteiger partial charge in [0.15, 0.2) is 4.34 Å². The molecule has 108 valence electrons. The highest BCUT2D eigenvalue weighted by molar-refractivity contribution is 8.00. The number of thioether (sulfide) groups is 1. The molecule has 20 heavy (non-hydrogen) atoms. The fraction of sp³-hybridized carbons (Fsp3) is 0.385. The van der Waals surface area contributed by atoms with Crippen molar-refractivity contribution in [2.75, 3.05) is 25.3 Å². The lowest BCUT2D eigenvalue weighted by molar-refractivity contribution is -0.117. The Morgan fingerprint density at radius 3 is 3.10 bits per heavy atom. The summed E-state index contributed by atoms with van der Waals surface area (Å²) in [7, 11) is 1.59. The van der Waals surface area contributed by atoms with Crippen molar-refractivity contribution in [2.45, 2.75) is 16.8 Å². The monoisotopic (exact) mass is 311 g/mol. The van der Waals surface area contributed by atoms with Crippen molar-refractivity contribution in [3.8, 4) is 0 Å². The van der Waals surface area contributed by atoms with Gasteiger partial charge in [-0.1, -0.05) is 11.8 Å². The topological polar surface area (TPSA) is 77.2 Å². The number of ether oxygens (including phenoxy) is 1. The number of anilines is 1. The smallest absolute Gasteiger partial charge is 0.241 e. The van der Waals surface area contributed by atoms with E-state index in [0.29, 0.717) is 13.0 Å². The lowest BCUT2D eigenvalue weighted by Gasteiger charge is -2.11. The molecule has 2 rings (SSSR count). The first-order valence-electron chi connectivity index (χ1n) is 6.14. The third-order valence-corrected chi connectivity index (χ3v) is 4.78. The van der Waals surface area contributed by atoms with E-state index in [-0.39, 0.29) is 5.91 Å². The number of nitrogens with two attached hydrogens (primary N) is 1. The number of thiazole rings is 1. The standard InChI is InChI=1S/C13H17N3O2S2/c1-18-6-5-9(14)12(17)15-8-3-4-10-11(7-8)20-13(16-10)19-2/h3-4,7,9H,5-6,14H2,1-2H3,(H,15,17). The molecule has 0 bridgehead atoms. The zero-order chi connectivity index (χ0) is 14.5. The van der Waals surface area contributed by atoms with Crippen LogP contribution in [-0.4, -0.2) is 36.9 Å². The number of hydrogen-bond donors (Lipinski definition) is 2. The van der Waals surface area contributed by atoms with E-state index in [2.05, 4.69) is 10.3 Å². The van der Waals surface area contributed by atoms with Crippen molar-refractivity contribution < 1.29 is 9.53 Å². The average Bonchev–Trinajstić information content (AvgIpc) is 2.86. The van der Waals surface area contributed by atoms with E-state index in [9.17, 15) is 4.79 Å². The Bertz CT molecular complexity index is 600. The molecular formula is C13H17N3O2S2. The number of carbonyl (C=O) groups excluding carboxylic acids is 1. The Hall–Kier alpha value is -1.15. The largest absolute Gasteiger partial charge is 0.385 e. The highest BCUT2D eigenvalue weighted by Gasteiger charge is 2.13. The molecule has 2 aromatic rings. The van der Waals surface area contributed by atoms with Gasteiger partial charge in [0.25, 0.3) is 0 Å². The molecule has 7 heteroatoms. The summed E-state index contributed by atoms with van der Waals surface area (Å²) in [6, 6.07) is 5.11. The van der Waals surface area contributed by atoms with Crippen molar-refractivity contribution in [3.63, 3.8) is 0 Å². The SMILES string of the molecule is COCCC(N)C(=O)Nc1ccc2nc(SC)sc2c1. The lowest BCUT2D eigenvalue weighted by Crippen LogP contribution is -2.36. The Labute approximate surface area is 125 Å². The number of nitrogens with zero attached hydrogens (tertiary/aromatic N) is 1. The molecule has 1 atom stereocenters. The van der Waals surface area contributed by atoms with Gasteiger partial charge >= 0.3 is 0 Å². The van der Waals surface area contributed by atoms with Gasteiger partial charge in [-0.3, -0.25) is 4.79 Å². The van der Waals surface area contributed by atoms with Crippen LogP contribution < -0.4 is 11.1 Å². The quantitative estimate of drug-likeness (QED) is 0.801. The normalized spacial score (nSPS) is 12.6. The Morgan fingerprint density at radius 1 is 1.60 bits per heavy atom. The number of methoxy groups -OCH3 is 1. The van der Waals surface area contributed by atoms with Gasteiger partial charge in [-0.25, -0.2) is 4.98 Å². The van der Waals surface area contributed by atoms with Crippen LogP contribution in [0.25, 0.3) is 10.2 Å². The average molecular weight is 311 g/mol. The highest BCUT2D eigenvalue weighted by Crippen LogP contribution is 2.29. The molecular weight excluding hydrogens is 294 g/mol. The second-order valence-electron chi connectivity index (χ2n) is 4.24. The fourth-order valence-corrected chi connectivity index (χ4v) is 3.21. The summed E-state index contributed by atoms with van der Waals surface area (Å²) < 4.78 is 6.98. The molecule has 0 saturated heterocycles. The van der Waals surface area contributed by atoms with Crippen LogP contribution >= 0.6 is 23.1 Å². The summed E-state index contributed by atoms with van der Waals surface area (Å²) >= 11 is 3.22. The predicted molar refractivity (Wildman–Crippen MR) is 84.5 cm³/mol. The summed E-state index contributed by atoms with van der Waals surface area (Å²) in [6.07, 6.45) is 2.50. The number of hydrogen-bond acceptors (Lipinski definition) is 6. The zero-order valence-electron chi connectivity index (χ0n) is 11.4. The first kappa shape index (κ1) is 15.2. The first-order chi connectivity index (χ1) is 9.63. The van der Waals surface area contributed by atoms with Crippen LogP contribution in [0.15, 0.2) is 22.5 Å². The number of aromatic nitrogens is 1. The maximum absolute atomic E-state index is 11.9. The number of rotatable bonds is 6. The Balaban J connectivity index is 2.07. The molecule has 0 aliphatic rings. The molecule has 0 fully saturated rings. The molecule has 1 amide bonds. The summed E-state index contributed by atoms with van der Waals surface area (Å²) in [5.74, 6) is -0.198. The van der Waals surface area contributed by atoms with Gasteiger partial charge in [-0.15, -0.1) is 11.3 Å². The van der Waals surface area contributed by atoms with Crippen LogP contribution in [0.3, 0.4) is 0 Å². The van der Waals surface area contributed by atoms with Crippen LogP contribution in [0, 0.1) is 0 Å². The summed E-state index contributed by atoms with van der Waals surface area (Å²) in [4.78, 5) is 16.4. The molecule has 0 aliphatic carbocycles. The van der Waals surface area contributed by atoms with Crippen LogP contribution in [0.5, 0.6) is 0 Å². The maximum atomic E-state index is 11.9. The Kier molecular flexibility index (Phi) is 5.36. The molecule has 0 saturated carbocycles. The molecule has 1 aromatic carbocycles. The molecule has 1 unspecified atom stereocenters. The van der Waals surface area contributed by atoms with Crippen molar-refractivity contribution in [2.24, 2.45) is 5.73 Å². The minimum absolute atomic E-state index is 0.198. The summed E-state index contributed by atoms with van der Waals surface area (Å²) in [5, 5.41) is 2.82. The van der Waals surface area contributed by atoms with E-state index < -0.39 is 6.04 Å². The van der Waals surface area contributed by atoms with Crippen molar-refractivity contribution in [3.05, 3.63) is 18.2 Å². The number of fused-ring (bicyclic) bond motifs is 1. The van der Waals surface area contributed by atoms with Gasteiger partial charge in [0.1, 0.15) is 0 Å². The van der Waals surface area contributed by atoms with Gasteiger partial charge < -0.3 is 15.8 Å². The van der Waals surface area contributed by atoms with Crippen molar-refractivity contribution in [1.82, 2.24) is 4.98 Å². The summed E-state index contributed by atoms with van der Waals surface area (Å²) in [5.41, 5.74) is 7.47. The molecule has 1 aromatic heterocycles. The van der Waals surface area contributed by atoms with Gasteiger partial charge in [-0.05, 0) is 30.9 Å². The number of carbonyl (C=O) groups is 1.